The second-order valence-corrected chi connectivity index (χ2v) is 6.72. The number of benzene rings is 2. The van der Waals surface area contributed by atoms with Gasteiger partial charge in [0.2, 0.25) is 0 Å². The summed E-state index contributed by atoms with van der Waals surface area (Å²) in [6.45, 7) is 0.961. The molecular formula is C20H17F3N4O. The van der Waals surface area contributed by atoms with E-state index >= 15 is 0 Å². The third-order valence-electron chi connectivity index (χ3n) is 4.86. The molecule has 5 nitrogen and oxygen atoms in total. The van der Waals surface area contributed by atoms with Crippen LogP contribution in [0.4, 0.5) is 13.2 Å². The third-order valence-corrected chi connectivity index (χ3v) is 4.86. The molecule has 0 radical (unpaired) electrons. The van der Waals surface area contributed by atoms with Crippen molar-refractivity contribution in [3.63, 3.8) is 0 Å². The Hall–Kier alpha value is -3.16. The molecule has 0 saturated carbocycles. The van der Waals surface area contributed by atoms with Gasteiger partial charge in [0.15, 0.2) is 0 Å². The van der Waals surface area contributed by atoms with Crippen molar-refractivity contribution in [1.82, 2.24) is 19.9 Å². The summed E-state index contributed by atoms with van der Waals surface area (Å²) in [6, 6.07) is 14.0. The molecule has 0 aliphatic carbocycles. The van der Waals surface area contributed by atoms with Gasteiger partial charge in [0.25, 0.3) is 5.91 Å². The first-order chi connectivity index (χ1) is 13.4. The van der Waals surface area contributed by atoms with E-state index in [1.54, 1.807) is 9.58 Å². The van der Waals surface area contributed by atoms with Gasteiger partial charge in [0, 0.05) is 24.2 Å². The van der Waals surface area contributed by atoms with Gasteiger partial charge in [-0.1, -0.05) is 35.5 Å². The molecule has 0 unspecified atom stereocenters. The van der Waals surface area contributed by atoms with Gasteiger partial charge >= 0.3 is 6.18 Å². The number of alkyl halides is 3. The Kier molecular flexibility index (Phi) is 4.62. The quantitative estimate of drug-likeness (QED) is 0.682. The largest absolute Gasteiger partial charge is 0.416 e. The maximum atomic E-state index is 12.7. The van der Waals surface area contributed by atoms with Crippen LogP contribution in [0, 0.1) is 0 Å². The lowest BCUT2D eigenvalue weighted by Gasteiger charge is -2.17. The number of aromatic nitrogens is 3. The van der Waals surface area contributed by atoms with E-state index in [1.165, 1.54) is 12.1 Å². The van der Waals surface area contributed by atoms with E-state index in [4.69, 9.17) is 0 Å². The molecule has 1 saturated heterocycles. The van der Waals surface area contributed by atoms with Gasteiger partial charge in [-0.15, -0.1) is 5.10 Å². The van der Waals surface area contributed by atoms with Crippen LogP contribution in [0.15, 0.2) is 60.8 Å². The molecule has 8 heteroatoms. The minimum absolute atomic E-state index is 0.0108. The Morgan fingerprint density at radius 2 is 1.75 bits per heavy atom. The van der Waals surface area contributed by atoms with Crippen molar-refractivity contribution in [2.45, 2.75) is 18.6 Å². The molecule has 144 valence electrons. The fourth-order valence-electron chi connectivity index (χ4n) is 3.32. The van der Waals surface area contributed by atoms with Crippen molar-refractivity contribution < 1.29 is 18.0 Å². The highest BCUT2D eigenvalue weighted by Crippen LogP contribution is 2.30. The van der Waals surface area contributed by atoms with Crippen LogP contribution in [0.2, 0.25) is 0 Å². The second-order valence-electron chi connectivity index (χ2n) is 6.72. The number of likely N-dealkylation sites (tertiary alicyclic amines) is 1. The molecule has 1 aromatic heterocycles. The zero-order chi connectivity index (χ0) is 19.7. The molecule has 28 heavy (non-hydrogen) atoms. The molecular weight excluding hydrogens is 369 g/mol. The van der Waals surface area contributed by atoms with Crippen LogP contribution < -0.4 is 0 Å². The Balaban J connectivity index is 1.44. The van der Waals surface area contributed by atoms with Crippen molar-refractivity contribution in [1.29, 1.82) is 0 Å². The molecule has 0 N–H and O–H groups in total. The Morgan fingerprint density at radius 3 is 2.43 bits per heavy atom. The minimum atomic E-state index is -4.41. The van der Waals surface area contributed by atoms with Crippen LogP contribution >= 0.6 is 0 Å². The monoisotopic (exact) mass is 386 g/mol. The molecule has 4 rings (SSSR count). The summed E-state index contributed by atoms with van der Waals surface area (Å²) in [4.78, 5) is 14.2. The van der Waals surface area contributed by atoms with Gasteiger partial charge < -0.3 is 4.90 Å². The lowest BCUT2D eigenvalue weighted by molar-refractivity contribution is -0.137. The standard InChI is InChI=1S/C20H17F3N4O/c21-20(22,23)16-8-6-15(7-9-16)19(28)26-11-10-17(12-26)27-13-18(24-25-27)14-4-2-1-3-5-14/h1-9,13,17H,10-12H2/t17-/m0/s1. The maximum Gasteiger partial charge on any atom is 0.416 e. The lowest BCUT2D eigenvalue weighted by atomic mass is 10.1. The molecule has 3 aromatic rings. The topological polar surface area (TPSA) is 51.0 Å². The van der Waals surface area contributed by atoms with Crippen LogP contribution in [0.1, 0.15) is 28.4 Å². The molecule has 1 aliphatic heterocycles. The van der Waals surface area contributed by atoms with E-state index in [-0.39, 0.29) is 17.5 Å². The number of carbonyl (C=O) groups excluding carboxylic acids is 1. The fourth-order valence-corrected chi connectivity index (χ4v) is 3.32. The number of rotatable bonds is 3. The minimum Gasteiger partial charge on any atom is -0.336 e. The predicted molar refractivity (Wildman–Crippen MR) is 96.5 cm³/mol. The summed E-state index contributed by atoms with van der Waals surface area (Å²) in [5, 5.41) is 8.38. The Bertz CT molecular complexity index is 967. The van der Waals surface area contributed by atoms with E-state index in [0.717, 1.165) is 23.4 Å². The fraction of sp³-hybridized carbons (Fsp3) is 0.250. The molecule has 2 heterocycles. The van der Waals surface area contributed by atoms with Crippen molar-refractivity contribution in [3.05, 3.63) is 71.9 Å². The molecule has 1 atom stereocenters. The summed E-state index contributed by atoms with van der Waals surface area (Å²) >= 11 is 0. The number of carbonyl (C=O) groups is 1. The molecule has 1 fully saturated rings. The number of nitrogens with zero attached hydrogens (tertiary/aromatic N) is 4. The van der Waals surface area contributed by atoms with E-state index in [9.17, 15) is 18.0 Å². The zero-order valence-electron chi connectivity index (χ0n) is 14.8. The Labute approximate surface area is 159 Å². The van der Waals surface area contributed by atoms with E-state index in [0.29, 0.717) is 19.5 Å². The van der Waals surface area contributed by atoms with Crippen LogP contribution in [-0.2, 0) is 6.18 Å². The summed E-state index contributed by atoms with van der Waals surface area (Å²) in [7, 11) is 0. The Morgan fingerprint density at radius 1 is 1.04 bits per heavy atom. The summed E-state index contributed by atoms with van der Waals surface area (Å²) in [6.07, 6.45) is -1.85. The van der Waals surface area contributed by atoms with E-state index in [2.05, 4.69) is 10.3 Å². The van der Waals surface area contributed by atoms with Gasteiger partial charge in [0.05, 0.1) is 17.8 Å². The highest BCUT2D eigenvalue weighted by atomic mass is 19.4. The summed E-state index contributed by atoms with van der Waals surface area (Å²) in [5.74, 6) is -0.278. The van der Waals surface area contributed by atoms with Gasteiger partial charge in [0.1, 0.15) is 5.69 Å². The predicted octanol–water partition coefficient (Wildman–Crippen LogP) is 4.05. The number of halogens is 3. The SMILES string of the molecule is O=C(c1ccc(C(F)(F)F)cc1)N1CC[C@H](n2cc(-c3ccccc3)nn2)C1. The summed E-state index contributed by atoms with van der Waals surface area (Å²) < 4.78 is 39.8. The van der Waals surface area contributed by atoms with E-state index < -0.39 is 11.7 Å². The van der Waals surface area contributed by atoms with Crippen molar-refractivity contribution in [3.8, 4) is 11.3 Å². The van der Waals surface area contributed by atoms with Crippen LogP contribution in [0.25, 0.3) is 11.3 Å². The first-order valence-corrected chi connectivity index (χ1v) is 8.85. The van der Waals surface area contributed by atoms with Crippen LogP contribution in [0.3, 0.4) is 0 Å². The summed E-state index contributed by atoms with van der Waals surface area (Å²) in [5.41, 5.74) is 1.20. The first-order valence-electron chi connectivity index (χ1n) is 8.85. The molecule has 0 spiro atoms. The normalized spacial score (nSPS) is 17.1. The van der Waals surface area contributed by atoms with Gasteiger partial charge in [-0.05, 0) is 30.7 Å². The average Bonchev–Trinajstić information content (AvgIpc) is 3.37. The van der Waals surface area contributed by atoms with Crippen molar-refractivity contribution in [2.24, 2.45) is 0 Å². The van der Waals surface area contributed by atoms with Crippen molar-refractivity contribution >= 4 is 5.91 Å². The van der Waals surface area contributed by atoms with Gasteiger partial charge in [-0.3, -0.25) is 4.79 Å². The average molecular weight is 386 g/mol. The molecule has 0 bridgehead atoms. The van der Waals surface area contributed by atoms with Gasteiger partial charge in [-0.25, -0.2) is 4.68 Å². The van der Waals surface area contributed by atoms with Crippen molar-refractivity contribution in [2.75, 3.05) is 13.1 Å². The second kappa shape index (κ2) is 7.10. The smallest absolute Gasteiger partial charge is 0.336 e. The van der Waals surface area contributed by atoms with Gasteiger partial charge in [-0.2, -0.15) is 13.2 Å². The lowest BCUT2D eigenvalue weighted by Crippen LogP contribution is -2.29. The molecule has 2 aromatic carbocycles. The highest BCUT2D eigenvalue weighted by molar-refractivity contribution is 5.94. The number of hydrogen-bond donors (Lipinski definition) is 0. The first kappa shape index (κ1) is 18.2. The molecule has 1 amide bonds. The van der Waals surface area contributed by atoms with Crippen LogP contribution in [-0.4, -0.2) is 38.9 Å². The highest BCUT2D eigenvalue weighted by Gasteiger charge is 2.32. The zero-order valence-corrected chi connectivity index (χ0v) is 14.8. The molecule has 1 aliphatic rings. The number of amides is 1. The van der Waals surface area contributed by atoms with Crippen LogP contribution in [0.5, 0.6) is 0 Å². The number of hydrogen-bond acceptors (Lipinski definition) is 3. The van der Waals surface area contributed by atoms with E-state index in [1.807, 2.05) is 36.5 Å². The maximum absolute atomic E-state index is 12.7. The third kappa shape index (κ3) is 3.62.